The van der Waals surface area contributed by atoms with Gasteiger partial charge < -0.3 is 19.5 Å². The van der Waals surface area contributed by atoms with Gasteiger partial charge in [0.15, 0.2) is 0 Å². The second-order valence-corrected chi connectivity index (χ2v) is 6.64. The molecule has 0 aliphatic carbocycles. The number of hydrogen-bond donors (Lipinski definition) is 1. The summed E-state index contributed by atoms with van der Waals surface area (Å²) in [5.41, 5.74) is 1.57. The number of nitrogens with one attached hydrogen (secondary N) is 1. The average molecular weight is 353 g/mol. The Bertz CT molecular complexity index is 770. The quantitative estimate of drug-likeness (QED) is 0.894. The number of carbonyl (C=O) groups is 1. The molecule has 5 nitrogen and oxygen atoms in total. The first kappa shape index (κ1) is 16.9. The van der Waals surface area contributed by atoms with Gasteiger partial charge in [0.05, 0.1) is 24.3 Å². The van der Waals surface area contributed by atoms with E-state index in [0.717, 1.165) is 37.2 Å². The van der Waals surface area contributed by atoms with Crippen LogP contribution in [0.3, 0.4) is 0 Å². The van der Waals surface area contributed by atoms with Crippen LogP contribution in [0.1, 0.15) is 41.2 Å². The van der Waals surface area contributed by atoms with Crippen LogP contribution in [0.25, 0.3) is 0 Å². The van der Waals surface area contributed by atoms with E-state index in [4.69, 9.17) is 14.2 Å². The zero-order valence-corrected chi connectivity index (χ0v) is 14.6. The Morgan fingerprint density at radius 3 is 2.81 bits per heavy atom. The highest BCUT2D eigenvalue weighted by Gasteiger charge is 2.24. The number of benzene rings is 2. The van der Waals surface area contributed by atoms with Crippen LogP contribution in [0.2, 0.25) is 0 Å². The molecule has 0 aromatic heterocycles. The number of carbonyl (C=O) groups excluding carboxylic acids is 1. The third-order valence-electron chi connectivity index (χ3n) is 4.84. The molecule has 2 aromatic carbocycles. The monoisotopic (exact) mass is 353 g/mol. The maximum Gasteiger partial charge on any atom is 0.255 e. The highest BCUT2D eigenvalue weighted by atomic mass is 16.5. The lowest BCUT2D eigenvalue weighted by molar-refractivity contribution is 0.0669. The molecule has 0 bridgehead atoms. The number of hydrogen-bond acceptors (Lipinski definition) is 4. The summed E-state index contributed by atoms with van der Waals surface area (Å²) < 4.78 is 17.2. The van der Waals surface area contributed by atoms with Crippen LogP contribution in [0.4, 0.5) is 0 Å². The van der Waals surface area contributed by atoms with E-state index in [1.807, 2.05) is 42.5 Å². The first-order valence-corrected chi connectivity index (χ1v) is 9.17. The minimum absolute atomic E-state index is 0.0568. The number of rotatable bonds is 5. The van der Waals surface area contributed by atoms with Crippen molar-refractivity contribution in [1.82, 2.24) is 5.32 Å². The average Bonchev–Trinajstić information content (AvgIpc) is 3.20. The van der Waals surface area contributed by atoms with Gasteiger partial charge >= 0.3 is 0 Å². The Morgan fingerprint density at radius 2 is 1.92 bits per heavy atom. The van der Waals surface area contributed by atoms with Gasteiger partial charge in [0.1, 0.15) is 18.1 Å². The molecule has 0 spiro atoms. The molecule has 1 amide bonds. The molecule has 4 rings (SSSR count). The van der Waals surface area contributed by atoms with Crippen molar-refractivity contribution in [2.24, 2.45) is 0 Å². The maximum atomic E-state index is 12.9. The predicted molar refractivity (Wildman–Crippen MR) is 97.7 cm³/mol. The Morgan fingerprint density at radius 1 is 1.08 bits per heavy atom. The van der Waals surface area contributed by atoms with Gasteiger partial charge in [-0.15, -0.1) is 0 Å². The first-order chi connectivity index (χ1) is 12.8. The van der Waals surface area contributed by atoms with E-state index in [-0.39, 0.29) is 18.1 Å². The summed E-state index contributed by atoms with van der Waals surface area (Å²) in [5, 5.41) is 3.13. The van der Waals surface area contributed by atoms with Crippen molar-refractivity contribution in [2.75, 3.05) is 19.8 Å². The van der Waals surface area contributed by atoms with Gasteiger partial charge in [-0.25, -0.2) is 0 Å². The van der Waals surface area contributed by atoms with Crippen molar-refractivity contribution in [3.8, 4) is 11.5 Å². The Labute approximate surface area is 153 Å². The minimum Gasteiger partial charge on any atom is -0.493 e. The number of para-hydroxylation sites is 2. The molecule has 2 atom stereocenters. The molecule has 0 unspecified atom stereocenters. The van der Waals surface area contributed by atoms with Gasteiger partial charge in [0, 0.05) is 18.6 Å². The fourth-order valence-corrected chi connectivity index (χ4v) is 3.47. The van der Waals surface area contributed by atoms with E-state index in [1.54, 1.807) is 6.07 Å². The van der Waals surface area contributed by atoms with Crippen molar-refractivity contribution in [3.05, 3.63) is 59.7 Å². The SMILES string of the molecule is O=C(N[C@H]1CCOc2ccccc21)c1ccccc1OC[C@@H]1CCCO1. The van der Waals surface area contributed by atoms with Crippen molar-refractivity contribution >= 4 is 5.91 Å². The van der Waals surface area contributed by atoms with Crippen LogP contribution in [0.5, 0.6) is 11.5 Å². The molecule has 0 saturated carbocycles. The zero-order chi connectivity index (χ0) is 17.8. The topological polar surface area (TPSA) is 56.8 Å². The molecule has 2 aromatic rings. The van der Waals surface area contributed by atoms with Crippen LogP contribution in [-0.4, -0.2) is 31.8 Å². The number of amides is 1. The van der Waals surface area contributed by atoms with Gasteiger partial charge in [-0.3, -0.25) is 4.79 Å². The van der Waals surface area contributed by atoms with Crippen molar-refractivity contribution < 1.29 is 19.0 Å². The zero-order valence-electron chi connectivity index (χ0n) is 14.6. The van der Waals surface area contributed by atoms with Crippen molar-refractivity contribution in [1.29, 1.82) is 0 Å². The van der Waals surface area contributed by atoms with Crippen LogP contribution in [0.15, 0.2) is 48.5 Å². The molecular formula is C21H23NO4. The lowest BCUT2D eigenvalue weighted by Gasteiger charge is -2.27. The van der Waals surface area contributed by atoms with E-state index in [2.05, 4.69) is 5.32 Å². The van der Waals surface area contributed by atoms with Crippen molar-refractivity contribution in [2.45, 2.75) is 31.4 Å². The summed E-state index contributed by atoms with van der Waals surface area (Å²) in [4.78, 5) is 12.9. The van der Waals surface area contributed by atoms with E-state index in [0.29, 0.717) is 24.5 Å². The standard InChI is InChI=1S/C21H23NO4/c23-21(22-18-11-13-25-19-9-3-1-7-16(18)19)17-8-2-4-10-20(17)26-14-15-6-5-12-24-15/h1-4,7-10,15,18H,5-6,11-14H2,(H,22,23)/t15-,18-/m0/s1. The lowest BCUT2D eigenvalue weighted by Crippen LogP contribution is -2.32. The normalized spacial score (nSPS) is 21.5. The molecule has 2 aliphatic heterocycles. The lowest BCUT2D eigenvalue weighted by atomic mass is 10.00. The summed E-state index contributed by atoms with van der Waals surface area (Å²) in [6, 6.07) is 15.2. The van der Waals surface area contributed by atoms with Crippen LogP contribution < -0.4 is 14.8 Å². The highest BCUT2D eigenvalue weighted by molar-refractivity contribution is 5.97. The Hall–Kier alpha value is -2.53. The molecule has 2 heterocycles. The summed E-state index contributed by atoms with van der Waals surface area (Å²) in [7, 11) is 0. The van der Waals surface area contributed by atoms with Crippen LogP contribution in [-0.2, 0) is 4.74 Å². The molecule has 1 N–H and O–H groups in total. The fraction of sp³-hybridized carbons (Fsp3) is 0.381. The Kier molecular flexibility index (Phi) is 5.07. The minimum atomic E-state index is -0.130. The fourth-order valence-electron chi connectivity index (χ4n) is 3.47. The predicted octanol–water partition coefficient (Wildman–Crippen LogP) is 3.50. The molecule has 1 fully saturated rings. The summed E-state index contributed by atoms with van der Waals surface area (Å²) >= 11 is 0. The molecule has 2 aliphatic rings. The number of fused-ring (bicyclic) bond motifs is 1. The Balaban J connectivity index is 1.47. The molecule has 0 radical (unpaired) electrons. The summed E-state index contributed by atoms with van der Waals surface area (Å²) in [6.45, 7) is 1.86. The van der Waals surface area contributed by atoms with Crippen LogP contribution in [0, 0.1) is 0 Å². The van der Waals surface area contributed by atoms with Gasteiger partial charge in [0.2, 0.25) is 0 Å². The second kappa shape index (κ2) is 7.79. The molecular weight excluding hydrogens is 330 g/mol. The van der Waals surface area contributed by atoms with E-state index < -0.39 is 0 Å². The molecule has 26 heavy (non-hydrogen) atoms. The third kappa shape index (κ3) is 3.68. The van der Waals surface area contributed by atoms with Crippen LogP contribution >= 0.6 is 0 Å². The van der Waals surface area contributed by atoms with Gasteiger partial charge in [-0.1, -0.05) is 30.3 Å². The van der Waals surface area contributed by atoms with E-state index in [9.17, 15) is 4.79 Å². The van der Waals surface area contributed by atoms with E-state index in [1.165, 1.54) is 0 Å². The van der Waals surface area contributed by atoms with Gasteiger partial charge in [-0.2, -0.15) is 0 Å². The van der Waals surface area contributed by atoms with Gasteiger partial charge in [0.25, 0.3) is 5.91 Å². The van der Waals surface area contributed by atoms with Gasteiger partial charge in [-0.05, 0) is 31.0 Å². The smallest absolute Gasteiger partial charge is 0.255 e. The summed E-state index contributed by atoms with van der Waals surface area (Å²) in [6.07, 6.45) is 2.95. The molecule has 136 valence electrons. The molecule has 5 heteroatoms. The van der Waals surface area contributed by atoms with E-state index >= 15 is 0 Å². The molecule has 1 saturated heterocycles. The maximum absolute atomic E-state index is 12.9. The third-order valence-corrected chi connectivity index (χ3v) is 4.84. The largest absolute Gasteiger partial charge is 0.493 e. The second-order valence-electron chi connectivity index (χ2n) is 6.64. The van der Waals surface area contributed by atoms with Crippen molar-refractivity contribution in [3.63, 3.8) is 0 Å². The highest BCUT2D eigenvalue weighted by Crippen LogP contribution is 2.32. The first-order valence-electron chi connectivity index (χ1n) is 9.17. The summed E-state index contributed by atoms with van der Waals surface area (Å²) in [5.74, 6) is 1.31. The number of ether oxygens (including phenoxy) is 3.